The van der Waals surface area contributed by atoms with Crippen molar-refractivity contribution in [3.8, 4) is 0 Å². The molecular weight excluding hydrogens is 231 g/mol. The zero-order chi connectivity index (χ0) is 11.7. The first kappa shape index (κ1) is 14.0. The molecule has 0 unspecified atom stereocenters. The number of carboxylic acid groups (broad SMARTS) is 1. The Balaban J connectivity index is 0.00000144. The third-order valence-corrected chi connectivity index (χ3v) is 2.28. The first-order chi connectivity index (χ1) is 7.56. The molecule has 0 saturated heterocycles. The zero-order valence-corrected chi connectivity index (χ0v) is 12.1. The Morgan fingerprint density at radius 1 is 1.47 bits per heavy atom. The van der Waals surface area contributed by atoms with Gasteiger partial charge in [-0.05, 0) is 32.0 Å². The van der Waals surface area contributed by atoms with Gasteiger partial charge in [0.05, 0.1) is 12.2 Å². The van der Waals surface area contributed by atoms with Crippen LogP contribution in [0.25, 0.3) is 0 Å². The average Bonchev–Trinajstić information content (AvgIpc) is 2.75. The minimum atomic E-state index is -1.06. The molecule has 6 heteroatoms. The molecule has 2 rings (SSSR count). The molecule has 5 nitrogen and oxygen atoms in total. The summed E-state index contributed by atoms with van der Waals surface area (Å²) in [6.45, 7) is 4.31. The van der Waals surface area contributed by atoms with Gasteiger partial charge in [-0.2, -0.15) is 5.10 Å². The van der Waals surface area contributed by atoms with Gasteiger partial charge >= 0.3 is 5.97 Å². The number of aromatic carboxylic acids is 1. The quantitative estimate of drug-likeness (QED) is 0.828. The largest absolute Gasteiger partial charge is 0.475 e. The molecule has 0 aliphatic carbocycles. The fraction of sp³-hybridized carbons (Fsp3) is 0.273. The fourth-order valence-corrected chi connectivity index (χ4v) is 1.56. The van der Waals surface area contributed by atoms with Gasteiger partial charge in [-0.15, -0.1) is 0 Å². The van der Waals surface area contributed by atoms with E-state index in [0.717, 1.165) is 11.4 Å². The first-order valence-corrected chi connectivity index (χ1v) is 4.89. The van der Waals surface area contributed by atoms with Crippen LogP contribution in [0.2, 0.25) is 0 Å². The first-order valence-electron chi connectivity index (χ1n) is 4.89. The Hall–Kier alpha value is -1.04. The second-order valence-corrected chi connectivity index (χ2v) is 3.66. The molecule has 0 fully saturated rings. The van der Waals surface area contributed by atoms with E-state index in [0.29, 0.717) is 12.3 Å². The Bertz CT molecular complexity index is 531. The fourth-order valence-electron chi connectivity index (χ4n) is 1.56. The number of hydrogen-bond acceptors (Lipinski definition) is 3. The average molecular weight is 243 g/mol. The van der Waals surface area contributed by atoms with Crippen molar-refractivity contribution in [3.05, 3.63) is 41.1 Å². The summed E-state index contributed by atoms with van der Waals surface area (Å²) < 4.78 is 6.93. The summed E-state index contributed by atoms with van der Waals surface area (Å²) in [4.78, 5) is 10.6. The van der Waals surface area contributed by atoms with Gasteiger partial charge in [0.15, 0.2) is 0 Å². The third-order valence-electron chi connectivity index (χ3n) is 2.28. The Morgan fingerprint density at radius 2 is 2.18 bits per heavy atom. The van der Waals surface area contributed by atoms with Crippen LogP contribution in [0.4, 0.5) is 0 Å². The van der Waals surface area contributed by atoms with Crippen molar-refractivity contribution in [2.24, 2.45) is 0 Å². The molecule has 85 valence electrons. The van der Waals surface area contributed by atoms with Crippen LogP contribution in [0.1, 0.15) is 27.7 Å². The van der Waals surface area contributed by atoms with Crippen molar-refractivity contribution in [2.45, 2.75) is 20.4 Å². The second-order valence-electron chi connectivity index (χ2n) is 3.66. The zero-order valence-electron chi connectivity index (χ0n) is 10.1. The van der Waals surface area contributed by atoms with Crippen LogP contribution >= 0.6 is 0 Å². The number of furan rings is 1. The Labute approximate surface area is 121 Å². The van der Waals surface area contributed by atoms with Crippen LogP contribution < -0.4 is 0 Å². The van der Waals surface area contributed by atoms with Crippen LogP contribution in [0.5, 0.6) is 0 Å². The van der Waals surface area contributed by atoms with E-state index in [1.54, 1.807) is 10.7 Å². The maximum atomic E-state index is 10.6. The molecule has 0 aliphatic rings. The van der Waals surface area contributed by atoms with E-state index >= 15 is 0 Å². The molecule has 0 amide bonds. The smallest absolute Gasteiger partial charge is 0.371 e. The van der Waals surface area contributed by atoms with Crippen LogP contribution in [-0.2, 0) is 6.54 Å². The maximum Gasteiger partial charge on any atom is 0.371 e. The van der Waals surface area contributed by atoms with Gasteiger partial charge in [0.1, 0.15) is 5.76 Å². The minimum Gasteiger partial charge on any atom is -0.475 e. The molecule has 0 aliphatic heterocycles. The molecule has 0 saturated carbocycles. The van der Waals surface area contributed by atoms with Gasteiger partial charge in [-0.25, -0.2) is 4.79 Å². The Morgan fingerprint density at radius 3 is 2.65 bits per heavy atom. The van der Waals surface area contributed by atoms with E-state index < -0.39 is 5.97 Å². The van der Waals surface area contributed by atoms with E-state index in [2.05, 4.69) is 5.10 Å². The van der Waals surface area contributed by atoms with E-state index in [4.69, 9.17) is 9.52 Å². The molecule has 1 N–H and O–H groups in total. The van der Waals surface area contributed by atoms with E-state index in [9.17, 15) is 4.79 Å². The summed E-state index contributed by atoms with van der Waals surface area (Å²) in [5.41, 5.74) is 1.95. The van der Waals surface area contributed by atoms with E-state index in [1.807, 2.05) is 19.9 Å². The number of carboxylic acids is 1. The van der Waals surface area contributed by atoms with Crippen molar-refractivity contribution < 1.29 is 14.3 Å². The monoisotopic (exact) mass is 243 g/mol. The van der Waals surface area contributed by atoms with Crippen molar-refractivity contribution in [1.82, 2.24) is 9.78 Å². The summed E-state index contributed by atoms with van der Waals surface area (Å²) in [5.74, 6) is -0.514. The number of rotatable bonds is 3. The summed E-state index contributed by atoms with van der Waals surface area (Å²) in [5, 5.41) is 13.0. The molecule has 2 aromatic heterocycles. The van der Waals surface area contributed by atoms with Crippen molar-refractivity contribution in [2.75, 3.05) is 0 Å². The van der Waals surface area contributed by atoms with Crippen LogP contribution in [0.3, 0.4) is 0 Å². The Kier molecular flexibility index (Phi) is 4.56. The summed E-state index contributed by atoms with van der Waals surface area (Å²) in [6, 6.07) is 5.06. The molecule has 0 bridgehead atoms. The number of nitrogens with zero attached hydrogens (tertiary/aromatic N) is 2. The molecule has 17 heavy (non-hydrogen) atoms. The van der Waals surface area contributed by atoms with Gasteiger partial charge in [0.2, 0.25) is 5.76 Å². The molecule has 0 spiro atoms. The van der Waals surface area contributed by atoms with Gasteiger partial charge in [-0.1, -0.05) is 0 Å². The standard InChI is InChI=1S/C11H12N2O3.Na/c1-7-5-8(2)13(12-7)6-9-3-4-10(16-9)11(14)15;/h3-5H,6H2,1-2H3,(H,14,15);. The van der Waals surface area contributed by atoms with Crippen LogP contribution in [-0.4, -0.2) is 50.4 Å². The van der Waals surface area contributed by atoms with E-state index in [-0.39, 0.29) is 35.3 Å². The molecular formula is C11H12N2NaO3. The van der Waals surface area contributed by atoms with Crippen molar-refractivity contribution in [3.63, 3.8) is 0 Å². The topological polar surface area (TPSA) is 68.3 Å². The molecule has 0 atom stereocenters. The van der Waals surface area contributed by atoms with Crippen LogP contribution in [0, 0.1) is 13.8 Å². The minimum absolute atomic E-state index is 0. The molecule has 1 radical (unpaired) electrons. The molecule has 2 aromatic rings. The number of carbonyl (C=O) groups is 1. The van der Waals surface area contributed by atoms with Gasteiger partial charge in [-0.3, -0.25) is 4.68 Å². The molecule has 2 heterocycles. The number of hydrogen-bond donors (Lipinski definition) is 1. The predicted molar refractivity (Wildman–Crippen MR) is 62.2 cm³/mol. The summed E-state index contributed by atoms with van der Waals surface area (Å²) in [7, 11) is 0. The number of aromatic nitrogens is 2. The van der Waals surface area contributed by atoms with Crippen LogP contribution in [0.15, 0.2) is 22.6 Å². The maximum absolute atomic E-state index is 10.6. The SMILES string of the molecule is Cc1cc(C)n(Cc2ccc(C(=O)O)o2)n1.[Na]. The summed E-state index contributed by atoms with van der Waals surface area (Å²) >= 11 is 0. The number of aryl methyl sites for hydroxylation is 2. The molecule has 0 aromatic carbocycles. The normalized spacial score (nSPS) is 10.0. The van der Waals surface area contributed by atoms with Crippen molar-refractivity contribution >= 4 is 35.5 Å². The predicted octanol–water partition coefficient (Wildman–Crippen LogP) is 1.46. The van der Waals surface area contributed by atoms with Gasteiger partial charge < -0.3 is 9.52 Å². The summed E-state index contributed by atoms with van der Waals surface area (Å²) in [6.07, 6.45) is 0. The van der Waals surface area contributed by atoms with Gasteiger partial charge in [0.25, 0.3) is 0 Å². The van der Waals surface area contributed by atoms with Gasteiger partial charge in [0, 0.05) is 35.3 Å². The second kappa shape index (κ2) is 5.53. The third kappa shape index (κ3) is 3.21. The van der Waals surface area contributed by atoms with Crippen molar-refractivity contribution in [1.29, 1.82) is 0 Å². The van der Waals surface area contributed by atoms with E-state index in [1.165, 1.54) is 6.07 Å².